The van der Waals surface area contributed by atoms with Crippen molar-refractivity contribution in [3.05, 3.63) is 24.6 Å². The maximum absolute atomic E-state index is 13.1. The summed E-state index contributed by atoms with van der Waals surface area (Å²) in [6.45, 7) is 8.25. The standard InChI is InChI=1S/C46H77N5O21/c1-22(10-12-31(55)47-16-27-25-8-4-6-14-65-43-39(63)35(59)41(29(18-52)69-43)71-45(67-27)37(61)33(25)57)49-20-51(24(3)54)21-50-23(2)11-13-32(56)48-17-28-26-9-5-7-15-66-44-40(64)36(60)42(30(19-53)70-44)72-46(68-28)38(62)34(26)58/h25-30,33-46,49-50,52-53,57-64H,1-2,4-21H2,3H3,(H,47,55)(H,48,56). The third-order valence-corrected chi connectivity index (χ3v) is 14.2. The van der Waals surface area contributed by atoms with E-state index in [1.165, 1.54) is 11.8 Å². The number of ether oxygens (including phenoxy) is 8. The average Bonchev–Trinajstić information content (AvgIpc) is 3.36. The van der Waals surface area contributed by atoms with Crippen molar-refractivity contribution in [1.29, 1.82) is 0 Å². The van der Waals surface area contributed by atoms with Gasteiger partial charge in [-0.2, -0.15) is 0 Å². The van der Waals surface area contributed by atoms with Gasteiger partial charge in [0.15, 0.2) is 25.2 Å². The minimum atomic E-state index is -1.59. The lowest BCUT2D eigenvalue weighted by Gasteiger charge is -2.47. The fourth-order valence-electron chi connectivity index (χ4n) is 9.71. The van der Waals surface area contributed by atoms with Crippen LogP contribution >= 0.6 is 0 Å². The predicted octanol–water partition coefficient (Wildman–Crippen LogP) is -5.08. The van der Waals surface area contributed by atoms with Crippen LogP contribution in [0.2, 0.25) is 0 Å². The molecule has 3 amide bonds. The van der Waals surface area contributed by atoms with Crippen molar-refractivity contribution in [2.24, 2.45) is 11.8 Å². The molecule has 12 aliphatic heterocycles. The SMILES string of the molecule is C=C(CCC(=O)NCC1OC2OC3C(CO)OC(OCCCCC1C(O)C2O)C(O)C3O)NCN(CNC(=C)CCC(=O)NCC1OC2OC3C(CO)OC(OCCCCC1C(O)C2O)C(O)C3O)C(C)=O. The highest BCUT2D eigenvalue weighted by Gasteiger charge is 2.53. The zero-order valence-corrected chi connectivity index (χ0v) is 40.6. The Morgan fingerprint density at radius 1 is 0.486 bits per heavy atom. The molecule has 12 aliphatic rings. The number of hydrogen-bond donors (Lipinski definition) is 14. The zero-order valence-electron chi connectivity index (χ0n) is 40.6. The molecule has 8 bridgehead atoms. The fraction of sp³-hybridized carbons (Fsp3) is 0.848. The summed E-state index contributed by atoms with van der Waals surface area (Å²) >= 11 is 0. The molecule has 0 aromatic rings. The van der Waals surface area contributed by atoms with E-state index in [1.54, 1.807) is 0 Å². The highest BCUT2D eigenvalue weighted by Crippen LogP contribution is 2.36. The van der Waals surface area contributed by atoms with Crippen LogP contribution < -0.4 is 21.3 Å². The summed E-state index contributed by atoms with van der Waals surface area (Å²) in [6.07, 6.45) is -21.1. The molecule has 12 rings (SSSR count). The second-order valence-electron chi connectivity index (χ2n) is 19.3. The largest absolute Gasteiger partial charge is 0.394 e. The van der Waals surface area contributed by atoms with E-state index < -0.39 is 136 Å². The summed E-state index contributed by atoms with van der Waals surface area (Å²) in [5, 5.41) is 119. The molecule has 14 N–H and O–H groups in total. The Morgan fingerprint density at radius 2 is 0.861 bits per heavy atom. The van der Waals surface area contributed by atoms with E-state index in [0.717, 1.165) is 0 Å². The van der Waals surface area contributed by atoms with Crippen LogP contribution in [0.5, 0.6) is 0 Å². The summed E-state index contributed by atoms with van der Waals surface area (Å²) < 4.78 is 46.4. The van der Waals surface area contributed by atoms with Gasteiger partial charge in [-0.3, -0.25) is 14.4 Å². The molecule has 12 saturated heterocycles. The quantitative estimate of drug-likeness (QED) is 0.0571. The molecule has 26 nitrogen and oxygen atoms in total. The first-order valence-electron chi connectivity index (χ1n) is 24.9. The number of nitrogens with one attached hydrogen (secondary N) is 4. The molecule has 12 heterocycles. The first-order chi connectivity index (χ1) is 34.4. The van der Waals surface area contributed by atoms with Crippen molar-refractivity contribution in [3.63, 3.8) is 0 Å². The van der Waals surface area contributed by atoms with E-state index in [0.29, 0.717) is 49.9 Å². The maximum Gasteiger partial charge on any atom is 0.222 e. The van der Waals surface area contributed by atoms with Gasteiger partial charge in [-0.1, -0.05) is 26.0 Å². The van der Waals surface area contributed by atoms with E-state index in [4.69, 9.17) is 37.9 Å². The Morgan fingerprint density at radius 3 is 1.24 bits per heavy atom. The summed E-state index contributed by atoms with van der Waals surface area (Å²) in [5.74, 6) is -2.30. The van der Waals surface area contributed by atoms with Crippen LogP contribution in [-0.2, 0) is 52.3 Å². The van der Waals surface area contributed by atoms with E-state index in [9.17, 15) is 65.4 Å². The molecular formula is C46H77N5O21. The van der Waals surface area contributed by atoms with Crippen molar-refractivity contribution >= 4 is 17.7 Å². The summed E-state index contributed by atoms with van der Waals surface area (Å²) in [5.41, 5.74) is 0.898. The Hall–Kier alpha value is -3.23. The number of aliphatic hydroxyl groups is 10. The van der Waals surface area contributed by atoms with Gasteiger partial charge < -0.3 is 115 Å². The molecule has 26 heteroatoms. The van der Waals surface area contributed by atoms with Crippen LogP contribution in [0, 0.1) is 11.8 Å². The van der Waals surface area contributed by atoms with Gasteiger partial charge in [0, 0.05) is 69.3 Å². The number of hydrogen-bond acceptors (Lipinski definition) is 23. The highest BCUT2D eigenvalue weighted by atomic mass is 16.8. The summed E-state index contributed by atoms with van der Waals surface area (Å²) in [4.78, 5) is 40.1. The molecule has 20 unspecified atom stereocenters. The van der Waals surface area contributed by atoms with Crippen LogP contribution in [0.1, 0.15) is 71.1 Å². The number of carbonyl (C=O) groups excluding carboxylic acids is 3. The topological polar surface area (TPSA) is 379 Å². The van der Waals surface area contributed by atoms with Gasteiger partial charge >= 0.3 is 0 Å². The Labute approximate surface area is 417 Å². The highest BCUT2D eigenvalue weighted by molar-refractivity contribution is 5.76. The molecule has 12 fully saturated rings. The molecule has 0 aromatic heterocycles. The predicted molar refractivity (Wildman–Crippen MR) is 244 cm³/mol. The summed E-state index contributed by atoms with van der Waals surface area (Å²) in [7, 11) is 0. The molecule has 72 heavy (non-hydrogen) atoms. The zero-order chi connectivity index (χ0) is 52.2. The van der Waals surface area contributed by atoms with Gasteiger partial charge in [0.1, 0.15) is 61.0 Å². The van der Waals surface area contributed by atoms with Crippen molar-refractivity contribution in [2.45, 2.75) is 182 Å². The monoisotopic (exact) mass is 1040 g/mol. The van der Waals surface area contributed by atoms with Crippen LogP contribution in [0.4, 0.5) is 0 Å². The maximum atomic E-state index is 13.1. The number of rotatable bonds is 18. The molecule has 412 valence electrons. The van der Waals surface area contributed by atoms with Crippen molar-refractivity contribution in [2.75, 3.05) is 52.9 Å². The molecule has 0 radical (unpaired) electrons. The molecule has 0 spiro atoms. The normalized spacial score (nSPS) is 39.5. The molecular weight excluding hydrogens is 959 g/mol. The average molecular weight is 1040 g/mol. The van der Waals surface area contributed by atoms with Crippen molar-refractivity contribution in [1.82, 2.24) is 26.2 Å². The van der Waals surface area contributed by atoms with Crippen molar-refractivity contribution < 1.29 is 103 Å². The molecule has 0 aromatic carbocycles. The van der Waals surface area contributed by atoms with Gasteiger partial charge in [-0.15, -0.1) is 0 Å². The second kappa shape index (κ2) is 27.5. The number of nitrogens with zero attached hydrogens (tertiary/aromatic N) is 1. The van der Waals surface area contributed by atoms with Crippen LogP contribution in [-0.4, -0.2) is 237 Å². The lowest BCUT2D eigenvalue weighted by atomic mass is 9.84. The minimum Gasteiger partial charge on any atom is -0.394 e. The van der Waals surface area contributed by atoms with E-state index >= 15 is 0 Å². The Balaban J connectivity index is 0.913. The number of carbonyl (C=O) groups is 3. The lowest BCUT2D eigenvalue weighted by Crippen LogP contribution is -2.64. The van der Waals surface area contributed by atoms with Crippen LogP contribution in [0.15, 0.2) is 24.6 Å². The third kappa shape index (κ3) is 15.0. The Bertz CT molecular complexity index is 1650. The minimum absolute atomic E-state index is 0.0119. The molecule has 20 atom stereocenters. The summed E-state index contributed by atoms with van der Waals surface area (Å²) in [6, 6.07) is 0. The van der Waals surface area contributed by atoms with Gasteiger partial charge in [0.05, 0.1) is 51.0 Å². The number of allylic oxidation sites excluding steroid dienone is 2. The van der Waals surface area contributed by atoms with Crippen LogP contribution in [0.25, 0.3) is 0 Å². The molecule has 0 saturated carbocycles. The fourth-order valence-corrected chi connectivity index (χ4v) is 9.71. The van der Waals surface area contributed by atoms with E-state index in [1.807, 2.05) is 0 Å². The number of amides is 3. The van der Waals surface area contributed by atoms with Gasteiger partial charge in [-0.05, 0) is 38.5 Å². The van der Waals surface area contributed by atoms with E-state index in [2.05, 4.69) is 34.4 Å². The van der Waals surface area contributed by atoms with Gasteiger partial charge in [0.2, 0.25) is 17.7 Å². The first-order valence-corrected chi connectivity index (χ1v) is 24.9. The van der Waals surface area contributed by atoms with Gasteiger partial charge in [-0.25, -0.2) is 0 Å². The lowest BCUT2D eigenvalue weighted by molar-refractivity contribution is -0.355. The van der Waals surface area contributed by atoms with Gasteiger partial charge in [0.25, 0.3) is 0 Å². The van der Waals surface area contributed by atoms with Crippen LogP contribution in [0.3, 0.4) is 0 Å². The Kier molecular flexibility index (Phi) is 22.2. The van der Waals surface area contributed by atoms with E-state index in [-0.39, 0.29) is 83.0 Å². The molecule has 0 aliphatic carbocycles. The number of aliphatic hydroxyl groups excluding tert-OH is 10. The van der Waals surface area contributed by atoms with Crippen molar-refractivity contribution in [3.8, 4) is 0 Å². The second-order valence-corrected chi connectivity index (χ2v) is 19.3. The third-order valence-electron chi connectivity index (χ3n) is 14.2. The smallest absolute Gasteiger partial charge is 0.222 e. The first kappa shape index (κ1) is 58.0.